The van der Waals surface area contributed by atoms with Gasteiger partial charge >= 0.3 is 0 Å². The zero-order valence-corrected chi connectivity index (χ0v) is 12.8. The molecule has 2 atom stereocenters. The van der Waals surface area contributed by atoms with Gasteiger partial charge in [-0.25, -0.2) is 0 Å². The lowest BCUT2D eigenvalue weighted by atomic mass is 9.71. The number of piperidine rings is 1. The molecule has 1 saturated carbocycles. The Morgan fingerprint density at radius 1 is 1.38 bits per heavy atom. The van der Waals surface area contributed by atoms with Crippen LogP contribution in [0.2, 0.25) is 0 Å². The highest BCUT2D eigenvalue weighted by Gasteiger charge is 2.42. The van der Waals surface area contributed by atoms with Gasteiger partial charge in [0, 0.05) is 25.6 Å². The summed E-state index contributed by atoms with van der Waals surface area (Å²) in [7, 11) is 0. The lowest BCUT2D eigenvalue weighted by Gasteiger charge is -2.47. The summed E-state index contributed by atoms with van der Waals surface area (Å²) < 4.78 is 0. The number of fused-ring (bicyclic) bond motifs is 1. The summed E-state index contributed by atoms with van der Waals surface area (Å²) in [6.07, 6.45) is 5.51. The van der Waals surface area contributed by atoms with Crippen LogP contribution in [0.3, 0.4) is 0 Å². The number of benzene rings is 1. The molecule has 3 nitrogen and oxygen atoms in total. The van der Waals surface area contributed by atoms with Gasteiger partial charge in [0.15, 0.2) is 0 Å². The van der Waals surface area contributed by atoms with E-state index >= 15 is 0 Å². The molecule has 0 spiro atoms. The molecule has 1 N–H and O–H groups in total. The third-order valence-electron chi connectivity index (χ3n) is 5.38. The molecule has 2 fully saturated rings. The molecule has 1 aliphatic heterocycles. The quantitative estimate of drug-likeness (QED) is 0.908. The molecule has 0 amide bonds. The van der Waals surface area contributed by atoms with Crippen LogP contribution < -0.4 is 0 Å². The molecule has 3 heteroatoms. The van der Waals surface area contributed by atoms with Crippen molar-refractivity contribution in [1.29, 1.82) is 5.26 Å². The first kappa shape index (κ1) is 14.6. The molecule has 21 heavy (non-hydrogen) atoms. The molecule has 1 aromatic carbocycles. The van der Waals surface area contributed by atoms with E-state index in [1.54, 1.807) is 0 Å². The number of hydrogen-bond acceptors (Lipinski definition) is 3. The van der Waals surface area contributed by atoms with Crippen molar-refractivity contribution in [2.75, 3.05) is 13.1 Å². The molecule has 1 aliphatic carbocycles. The second kappa shape index (κ2) is 5.79. The standard InChI is InChI=1S/C18H24N2O/c1-14-10-15(11-19)5-6-16(14)12-20-9-8-18(21)7-3-2-4-17(18)13-20/h5-6,10,17,21H,2-4,7-9,12-13H2,1H3. The van der Waals surface area contributed by atoms with Crippen molar-refractivity contribution in [3.8, 4) is 6.07 Å². The minimum Gasteiger partial charge on any atom is -0.390 e. The van der Waals surface area contributed by atoms with Crippen LogP contribution >= 0.6 is 0 Å². The molecule has 2 unspecified atom stereocenters. The van der Waals surface area contributed by atoms with E-state index in [2.05, 4.69) is 24.0 Å². The predicted molar refractivity (Wildman–Crippen MR) is 82.7 cm³/mol. The van der Waals surface area contributed by atoms with Gasteiger partial charge in [-0.05, 0) is 49.4 Å². The van der Waals surface area contributed by atoms with Crippen LogP contribution in [0.5, 0.6) is 0 Å². The number of aryl methyl sites for hydroxylation is 1. The molecule has 3 rings (SSSR count). The van der Waals surface area contributed by atoms with Crippen LogP contribution in [-0.2, 0) is 6.54 Å². The second-order valence-electron chi connectivity index (χ2n) is 6.78. The Morgan fingerprint density at radius 2 is 2.24 bits per heavy atom. The Labute approximate surface area is 127 Å². The average Bonchev–Trinajstić information content (AvgIpc) is 2.49. The highest BCUT2D eigenvalue weighted by Crippen LogP contribution is 2.40. The van der Waals surface area contributed by atoms with Crippen molar-refractivity contribution in [3.05, 3.63) is 34.9 Å². The molecule has 0 aromatic heterocycles. The molecule has 112 valence electrons. The van der Waals surface area contributed by atoms with Crippen molar-refractivity contribution in [3.63, 3.8) is 0 Å². The van der Waals surface area contributed by atoms with Gasteiger partial charge in [-0.2, -0.15) is 5.26 Å². The van der Waals surface area contributed by atoms with Gasteiger partial charge < -0.3 is 5.11 Å². The third-order valence-corrected chi connectivity index (χ3v) is 5.38. The maximum absolute atomic E-state index is 10.7. The Balaban J connectivity index is 1.68. The lowest BCUT2D eigenvalue weighted by Crippen LogP contribution is -2.52. The number of likely N-dealkylation sites (tertiary alicyclic amines) is 1. The van der Waals surface area contributed by atoms with E-state index in [-0.39, 0.29) is 0 Å². The summed E-state index contributed by atoms with van der Waals surface area (Å²) >= 11 is 0. The predicted octanol–water partition coefficient (Wildman–Crippen LogP) is 2.99. The first-order valence-electron chi connectivity index (χ1n) is 8.05. The van der Waals surface area contributed by atoms with Crippen LogP contribution in [-0.4, -0.2) is 28.7 Å². The van der Waals surface area contributed by atoms with E-state index in [4.69, 9.17) is 5.26 Å². The summed E-state index contributed by atoms with van der Waals surface area (Å²) in [6, 6.07) is 8.15. The van der Waals surface area contributed by atoms with Crippen molar-refractivity contribution in [2.24, 2.45) is 5.92 Å². The fourth-order valence-electron chi connectivity index (χ4n) is 3.97. The summed E-state index contributed by atoms with van der Waals surface area (Å²) in [5, 5.41) is 19.7. The van der Waals surface area contributed by atoms with Crippen molar-refractivity contribution >= 4 is 0 Å². The third kappa shape index (κ3) is 2.97. The number of nitriles is 1. The van der Waals surface area contributed by atoms with Gasteiger partial charge in [0.25, 0.3) is 0 Å². The molecule has 1 aromatic rings. The van der Waals surface area contributed by atoms with Gasteiger partial charge in [0.2, 0.25) is 0 Å². The highest BCUT2D eigenvalue weighted by atomic mass is 16.3. The molecular weight excluding hydrogens is 260 g/mol. The van der Waals surface area contributed by atoms with Gasteiger partial charge in [0.1, 0.15) is 0 Å². The van der Waals surface area contributed by atoms with E-state index in [1.807, 2.05) is 12.1 Å². The number of hydrogen-bond donors (Lipinski definition) is 1. The van der Waals surface area contributed by atoms with Gasteiger partial charge in [0.05, 0.1) is 17.2 Å². The summed E-state index contributed by atoms with van der Waals surface area (Å²) in [5.41, 5.74) is 2.83. The number of nitrogens with zero attached hydrogens (tertiary/aromatic N) is 2. The van der Waals surface area contributed by atoms with E-state index in [1.165, 1.54) is 30.4 Å². The summed E-state index contributed by atoms with van der Waals surface area (Å²) in [6.45, 7) is 5.00. The highest BCUT2D eigenvalue weighted by molar-refractivity contribution is 5.37. The van der Waals surface area contributed by atoms with Gasteiger partial charge in [-0.3, -0.25) is 4.90 Å². The van der Waals surface area contributed by atoms with Crippen molar-refractivity contribution in [1.82, 2.24) is 4.90 Å². The van der Waals surface area contributed by atoms with Crippen LogP contribution in [0, 0.1) is 24.2 Å². The van der Waals surface area contributed by atoms with Gasteiger partial charge in [-0.1, -0.05) is 18.9 Å². The van der Waals surface area contributed by atoms with Crippen LogP contribution in [0.4, 0.5) is 0 Å². The van der Waals surface area contributed by atoms with Crippen LogP contribution in [0.25, 0.3) is 0 Å². The maximum atomic E-state index is 10.7. The van der Waals surface area contributed by atoms with Crippen LogP contribution in [0.15, 0.2) is 18.2 Å². The SMILES string of the molecule is Cc1cc(C#N)ccc1CN1CCC2(O)CCCCC2C1. The minimum atomic E-state index is -0.394. The first-order chi connectivity index (χ1) is 10.1. The van der Waals surface area contributed by atoms with E-state index in [0.29, 0.717) is 5.92 Å². The fraction of sp³-hybridized carbons (Fsp3) is 0.611. The van der Waals surface area contributed by atoms with Crippen molar-refractivity contribution in [2.45, 2.75) is 51.2 Å². The topological polar surface area (TPSA) is 47.3 Å². The maximum Gasteiger partial charge on any atom is 0.0991 e. The normalized spacial score (nSPS) is 29.7. The minimum absolute atomic E-state index is 0.394. The van der Waals surface area contributed by atoms with E-state index < -0.39 is 5.60 Å². The zero-order chi connectivity index (χ0) is 14.9. The fourth-order valence-corrected chi connectivity index (χ4v) is 3.97. The smallest absolute Gasteiger partial charge is 0.0991 e. The Morgan fingerprint density at radius 3 is 3.00 bits per heavy atom. The molecule has 0 bridgehead atoms. The molecule has 1 saturated heterocycles. The summed E-state index contributed by atoms with van der Waals surface area (Å²) in [4.78, 5) is 2.47. The molecule has 2 aliphatic rings. The molecular formula is C18H24N2O. The molecule has 1 heterocycles. The average molecular weight is 284 g/mol. The molecule has 0 radical (unpaired) electrons. The van der Waals surface area contributed by atoms with E-state index in [9.17, 15) is 5.11 Å². The second-order valence-corrected chi connectivity index (χ2v) is 6.78. The monoisotopic (exact) mass is 284 g/mol. The zero-order valence-electron chi connectivity index (χ0n) is 12.8. The Kier molecular flexibility index (Phi) is 4.01. The number of aliphatic hydroxyl groups is 1. The van der Waals surface area contributed by atoms with E-state index in [0.717, 1.165) is 38.0 Å². The lowest BCUT2D eigenvalue weighted by molar-refractivity contribution is -0.0968. The largest absolute Gasteiger partial charge is 0.390 e. The van der Waals surface area contributed by atoms with Crippen LogP contribution in [0.1, 0.15) is 48.8 Å². The van der Waals surface area contributed by atoms with Gasteiger partial charge in [-0.15, -0.1) is 0 Å². The van der Waals surface area contributed by atoms with Crippen molar-refractivity contribution < 1.29 is 5.11 Å². The Hall–Kier alpha value is -1.37. The first-order valence-corrected chi connectivity index (χ1v) is 8.05. The number of rotatable bonds is 2. The summed E-state index contributed by atoms with van der Waals surface area (Å²) in [5.74, 6) is 0.443. The Bertz CT molecular complexity index is 563.